The van der Waals surface area contributed by atoms with Crippen LogP contribution in [0, 0.1) is 0 Å². The minimum absolute atomic E-state index is 0.0846. The van der Waals surface area contributed by atoms with E-state index in [2.05, 4.69) is 19.7 Å². The van der Waals surface area contributed by atoms with Crippen molar-refractivity contribution in [1.29, 1.82) is 0 Å². The van der Waals surface area contributed by atoms with E-state index in [1.807, 2.05) is 13.8 Å². The zero-order valence-corrected chi connectivity index (χ0v) is 11.2. The number of hydrogen-bond donors (Lipinski definition) is 3. The van der Waals surface area contributed by atoms with Gasteiger partial charge in [-0.2, -0.15) is 13.5 Å². The number of H-pyrrole nitrogens is 1. The molecule has 0 saturated heterocycles. The van der Waals surface area contributed by atoms with Crippen molar-refractivity contribution in [3.8, 4) is 0 Å². The molecule has 1 amide bonds. The molecule has 0 radical (unpaired) electrons. The van der Waals surface area contributed by atoms with Crippen LogP contribution in [0.15, 0.2) is 6.07 Å². The normalized spacial score (nSPS) is 11.3. The first-order valence-corrected chi connectivity index (χ1v) is 6.85. The van der Waals surface area contributed by atoms with Gasteiger partial charge in [-0.25, -0.2) is 14.2 Å². The van der Waals surface area contributed by atoms with Crippen molar-refractivity contribution in [3.05, 3.63) is 11.8 Å². The molecule has 0 atom stereocenters. The summed E-state index contributed by atoms with van der Waals surface area (Å²) in [4.78, 5) is 11.0. The number of rotatable bonds is 5. The van der Waals surface area contributed by atoms with E-state index in [9.17, 15) is 13.2 Å². The molecule has 0 saturated carbocycles. The van der Waals surface area contributed by atoms with Crippen LogP contribution >= 0.6 is 0 Å². The molecule has 0 unspecified atom stereocenters. The maximum atomic E-state index is 11.5. The number of amides is 1. The highest BCUT2D eigenvalue weighted by Crippen LogP contribution is 2.15. The monoisotopic (exact) mass is 276 g/mol. The average molecular weight is 276 g/mol. The highest BCUT2D eigenvalue weighted by molar-refractivity contribution is 7.91. The van der Waals surface area contributed by atoms with Crippen LogP contribution in [0.1, 0.15) is 32.4 Å². The van der Waals surface area contributed by atoms with Gasteiger partial charge in [0.05, 0.1) is 6.61 Å². The molecule has 3 N–H and O–H groups in total. The fraction of sp³-hybridized carbons (Fsp3) is 0.556. The zero-order chi connectivity index (χ0) is 13.8. The number of nitrogens with one attached hydrogen (secondary N) is 3. The van der Waals surface area contributed by atoms with Gasteiger partial charge in [-0.05, 0) is 12.8 Å². The highest BCUT2D eigenvalue weighted by Gasteiger charge is 2.16. The molecule has 0 aliphatic carbocycles. The zero-order valence-electron chi connectivity index (χ0n) is 10.4. The summed E-state index contributed by atoms with van der Waals surface area (Å²) in [6.07, 6.45) is -1.04. The average Bonchev–Trinajstić information content (AvgIpc) is 2.64. The summed E-state index contributed by atoms with van der Waals surface area (Å²) in [6, 6.07) is 1.55. The van der Waals surface area contributed by atoms with Gasteiger partial charge in [0.15, 0.2) is 5.82 Å². The number of nitrogens with zero attached hydrogens (tertiary/aromatic N) is 1. The topological polar surface area (TPSA) is 113 Å². The molecule has 1 aromatic rings. The van der Waals surface area contributed by atoms with E-state index in [0.717, 1.165) is 5.69 Å². The SMILES string of the molecule is CCOC(=O)NS(=O)(=O)Nc1cc(C(C)C)[nH]n1. The van der Waals surface area contributed by atoms with Crippen molar-refractivity contribution in [1.82, 2.24) is 14.9 Å². The number of aromatic amines is 1. The van der Waals surface area contributed by atoms with Crippen molar-refractivity contribution < 1.29 is 17.9 Å². The molecule has 1 heterocycles. The van der Waals surface area contributed by atoms with Crippen LogP contribution in [0.4, 0.5) is 10.6 Å². The number of ether oxygens (including phenoxy) is 1. The summed E-state index contributed by atoms with van der Waals surface area (Å²) in [5.41, 5.74) is 0.781. The second-order valence-electron chi connectivity index (χ2n) is 3.79. The molecule has 1 aromatic heterocycles. The van der Waals surface area contributed by atoms with Gasteiger partial charge >= 0.3 is 16.3 Å². The standard InChI is InChI=1S/C9H16N4O4S/c1-4-17-9(14)13-18(15,16)12-8-5-7(6(2)3)10-11-8/h5-6H,4H2,1-3H3,(H,13,14)(H2,10,11,12). The van der Waals surface area contributed by atoms with Gasteiger partial charge in [-0.1, -0.05) is 13.8 Å². The van der Waals surface area contributed by atoms with Crippen LogP contribution in [-0.4, -0.2) is 31.3 Å². The summed E-state index contributed by atoms with van der Waals surface area (Å²) in [5, 5.41) is 6.45. The lowest BCUT2D eigenvalue weighted by Crippen LogP contribution is -2.35. The van der Waals surface area contributed by atoms with Gasteiger partial charge in [0.25, 0.3) is 0 Å². The lowest BCUT2D eigenvalue weighted by molar-refractivity contribution is 0.159. The second kappa shape index (κ2) is 5.71. The molecule has 8 nitrogen and oxygen atoms in total. The lowest BCUT2D eigenvalue weighted by Gasteiger charge is -2.06. The van der Waals surface area contributed by atoms with Crippen LogP contribution in [0.2, 0.25) is 0 Å². The summed E-state index contributed by atoms with van der Waals surface area (Å²) < 4.78 is 31.2. The van der Waals surface area contributed by atoms with E-state index in [-0.39, 0.29) is 18.3 Å². The van der Waals surface area contributed by atoms with Gasteiger partial charge in [-0.3, -0.25) is 5.10 Å². The highest BCUT2D eigenvalue weighted by atomic mass is 32.2. The Kier molecular flexibility index (Phi) is 4.54. The van der Waals surface area contributed by atoms with Crippen molar-refractivity contribution in [2.45, 2.75) is 26.7 Å². The molecule has 0 spiro atoms. The van der Waals surface area contributed by atoms with E-state index < -0.39 is 16.3 Å². The molecule has 1 rings (SSSR count). The number of carbonyl (C=O) groups is 1. The fourth-order valence-electron chi connectivity index (χ4n) is 1.12. The molecule has 0 bridgehead atoms. The van der Waals surface area contributed by atoms with Crippen LogP contribution in [0.25, 0.3) is 0 Å². The quantitative estimate of drug-likeness (QED) is 0.740. The Labute approximate surface area is 105 Å². The molecule has 0 aliphatic heterocycles. The largest absolute Gasteiger partial charge is 0.449 e. The number of anilines is 1. The van der Waals surface area contributed by atoms with Crippen LogP contribution in [0.3, 0.4) is 0 Å². The smallest absolute Gasteiger partial charge is 0.422 e. The maximum Gasteiger partial charge on any atom is 0.422 e. The Morgan fingerprint density at radius 1 is 1.56 bits per heavy atom. The molecular formula is C9H16N4O4S. The Morgan fingerprint density at radius 2 is 2.22 bits per heavy atom. The predicted octanol–water partition coefficient (Wildman–Crippen LogP) is 0.936. The molecule has 0 aliphatic rings. The lowest BCUT2D eigenvalue weighted by atomic mass is 10.1. The fourth-order valence-corrected chi connectivity index (χ4v) is 1.83. The first-order chi connectivity index (χ1) is 8.34. The second-order valence-corrected chi connectivity index (χ2v) is 5.21. The van der Waals surface area contributed by atoms with Crippen molar-refractivity contribution in [2.24, 2.45) is 0 Å². The van der Waals surface area contributed by atoms with Gasteiger partial charge in [-0.15, -0.1) is 0 Å². The minimum atomic E-state index is -4.03. The van der Waals surface area contributed by atoms with Gasteiger partial charge in [0.1, 0.15) is 0 Å². The Hall–Kier alpha value is -1.77. The summed E-state index contributed by atoms with van der Waals surface area (Å²) in [7, 11) is -4.03. The van der Waals surface area contributed by atoms with Gasteiger partial charge < -0.3 is 4.74 Å². The third-order valence-corrected chi connectivity index (χ3v) is 2.87. The number of aromatic nitrogens is 2. The summed E-state index contributed by atoms with van der Waals surface area (Å²) >= 11 is 0. The first-order valence-electron chi connectivity index (χ1n) is 5.36. The first kappa shape index (κ1) is 14.3. The van der Waals surface area contributed by atoms with Crippen LogP contribution < -0.4 is 9.44 Å². The predicted molar refractivity (Wildman–Crippen MR) is 65.4 cm³/mol. The molecule has 0 fully saturated rings. The maximum absolute atomic E-state index is 11.5. The van der Waals surface area contributed by atoms with Gasteiger partial charge in [0, 0.05) is 11.8 Å². The minimum Gasteiger partial charge on any atom is -0.449 e. The third-order valence-electron chi connectivity index (χ3n) is 1.95. The molecular weight excluding hydrogens is 260 g/mol. The van der Waals surface area contributed by atoms with E-state index in [0.29, 0.717) is 0 Å². The van der Waals surface area contributed by atoms with Crippen molar-refractivity contribution in [2.75, 3.05) is 11.3 Å². The molecule has 102 valence electrons. The Bertz CT molecular complexity index is 508. The van der Waals surface area contributed by atoms with Gasteiger partial charge in [0.2, 0.25) is 0 Å². The van der Waals surface area contributed by atoms with Crippen LogP contribution in [0.5, 0.6) is 0 Å². The number of hydrogen-bond acceptors (Lipinski definition) is 5. The third kappa shape index (κ3) is 4.24. The Balaban J connectivity index is 2.67. The Morgan fingerprint density at radius 3 is 2.72 bits per heavy atom. The van der Waals surface area contributed by atoms with E-state index >= 15 is 0 Å². The van der Waals surface area contributed by atoms with E-state index in [1.54, 1.807) is 17.7 Å². The van der Waals surface area contributed by atoms with Crippen LogP contribution in [-0.2, 0) is 14.9 Å². The molecule has 0 aromatic carbocycles. The summed E-state index contributed by atoms with van der Waals surface area (Å²) in [6.45, 7) is 5.52. The number of carbonyl (C=O) groups excluding carboxylic acids is 1. The van der Waals surface area contributed by atoms with E-state index in [4.69, 9.17) is 0 Å². The summed E-state index contributed by atoms with van der Waals surface area (Å²) in [5.74, 6) is 0.296. The molecule has 18 heavy (non-hydrogen) atoms. The molecule has 9 heteroatoms. The van der Waals surface area contributed by atoms with Crippen molar-refractivity contribution >= 4 is 22.1 Å². The van der Waals surface area contributed by atoms with E-state index in [1.165, 1.54) is 0 Å². The van der Waals surface area contributed by atoms with Crippen molar-refractivity contribution in [3.63, 3.8) is 0 Å².